The summed E-state index contributed by atoms with van der Waals surface area (Å²) in [7, 11) is -3.52. The number of carbonyl (C=O) groups excluding carboxylic acids is 1. The lowest BCUT2D eigenvalue weighted by Gasteiger charge is -2.13. The van der Waals surface area contributed by atoms with E-state index < -0.39 is 8.56 Å². The van der Waals surface area contributed by atoms with Crippen LogP contribution in [0.2, 0.25) is 0 Å². The van der Waals surface area contributed by atoms with E-state index >= 15 is 0 Å². The molecule has 1 aromatic heterocycles. The van der Waals surface area contributed by atoms with Crippen LogP contribution in [0.3, 0.4) is 0 Å². The molecule has 0 aliphatic carbocycles. The lowest BCUT2D eigenvalue weighted by Crippen LogP contribution is -2.46. The lowest BCUT2D eigenvalue weighted by molar-refractivity contribution is 0.0928. The maximum Gasteiger partial charge on any atom is 0.393 e. The second-order valence-electron chi connectivity index (χ2n) is 6.04. The minimum atomic E-state index is -3.52. The van der Waals surface area contributed by atoms with Gasteiger partial charge in [0.25, 0.3) is 5.91 Å². The van der Waals surface area contributed by atoms with Crippen LogP contribution in [0.5, 0.6) is 0 Å². The van der Waals surface area contributed by atoms with Crippen LogP contribution in [-0.2, 0) is 0 Å². The van der Waals surface area contributed by atoms with Gasteiger partial charge in [-0.1, -0.05) is 54.6 Å². The number of carbonyl (C=O) groups is 1. The van der Waals surface area contributed by atoms with Gasteiger partial charge in [-0.3, -0.25) is 4.79 Å². The van der Waals surface area contributed by atoms with Crippen LogP contribution in [0.4, 0.5) is 0 Å². The number of benzene rings is 2. The van der Waals surface area contributed by atoms with Crippen molar-refractivity contribution in [3.05, 3.63) is 78.2 Å². The Bertz CT molecular complexity index is 869. The molecule has 0 fully saturated rings. The zero-order chi connectivity index (χ0) is 18.4. The third kappa shape index (κ3) is 4.48. The summed E-state index contributed by atoms with van der Waals surface area (Å²) in [6, 6.07) is 18.0. The van der Waals surface area contributed by atoms with E-state index in [0.29, 0.717) is 35.9 Å². The van der Waals surface area contributed by atoms with Crippen LogP contribution in [0, 0.1) is 0 Å². The fourth-order valence-corrected chi connectivity index (χ4v) is 4.00. The van der Waals surface area contributed by atoms with Crippen LogP contribution in [0.25, 0.3) is 11.0 Å². The summed E-state index contributed by atoms with van der Waals surface area (Å²) in [5.41, 5.74) is 2.18. The van der Waals surface area contributed by atoms with Gasteiger partial charge in [-0.05, 0) is 35.9 Å². The molecule has 3 rings (SSSR count). The molecule has 134 valence electrons. The summed E-state index contributed by atoms with van der Waals surface area (Å²) in [6.07, 6.45) is 3.09. The van der Waals surface area contributed by atoms with Gasteiger partial charge in [0, 0.05) is 11.9 Å². The van der Waals surface area contributed by atoms with Crippen molar-refractivity contribution in [1.82, 2.24) is 5.32 Å². The summed E-state index contributed by atoms with van der Waals surface area (Å²) in [6.45, 7) is 0.483. The van der Waals surface area contributed by atoms with Gasteiger partial charge in [0.05, 0.1) is 0 Å². The molecule has 6 heteroatoms. The number of allylic oxidation sites excluding steroid dienone is 1. The van der Waals surface area contributed by atoms with Crippen molar-refractivity contribution >= 4 is 30.6 Å². The molecule has 26 heavy (non-hydrogen) atoms. The topological polar surface area (TPSA) is 82.7 Å². The summed E-state index contributed by atoms with van der Waals surface area (Å²) < 4.78 is 5.52. The normalized spacial score (nSPS) is 11.9. The molecule has 0 unspecified atom stereocenters. The second kappa shape index (κ2) is 8.14. The van der Waals surface area contributed by atoms with E-state index in [1.54, 1.807) is 36.4 Å². The number of nitrogens with one attached hydrogen (secondary N) is 1. The van der Waals surface area contributed by atoms with Crippen LogP contribution >= 0.6 is 0 Å². The maximum atomic E-state index is 12.1. The number of para-hydroxylation sites is 1. The zero-order valence-electron chi connectivity index (χ0n) is 14.3. The Morgan fingerprint density at radius 1 is 1.08 bits per heavy atom. The molecule has 1 amide bonds. The molecule has 0 radical (unpaired) electrons. The van der Waals surface area contributed by atoms with E-state index in [0.717, 1.165) is 5.39 Å². The molecular weight excluding hydrogens is 346 g/mol. The van der Waals surface area contributed by atoms with Crippen LogP contribution in [0.1, 0.15) is 23.4 Å². The molecule has 0 spiro atoms. The highest BCUT2D eigenvalue weighted by Crippen LogP contribution is 2.18. The largest absolute Gasteiger partial charge is 0.451 e. The minimum absolute atomic E-state index is 0.248. The predicted molar refractivity (Wildman–Crippen MR) is 103 cm³/mol. The Morgan fingerprint density at radius 2 is 1.81 bits per heavy atom. The Morgan fingerprint density at radius 3 is 2.58 bits per heavy atom. The molecule has 2 aromatic carbocycles. The number of amides is 1. The summed E-state index contributed by atoms with van der Waals surface area (Å²) in [5, 5.41) is 4.26. The van der Waals surface area contributed by atoms with Crippen molar-refractivity contribution in [2.75, 3.05) is 6.54 Å². The quantitative estimate of drug-likeness (QED) is 0.442. The lowest BCUT2D eigenvalue weighted by atomic mass is 10.2. The molecule has 0 bridgehead atoms. The highest BCUT2D eigenvalue weighted by atomic mass is 28.4. The summed E-state index contributed by atoms with van der Waals surface area (Å²) in [4.78, 5) is 32.4. The van der Waals surface area contributed by atoms with E-state index in [1.807, 2.05) is 30.3 Å². The Hall–Kier alpha value is -2.67. The first-order valence-corrected chi connectivity index (χ1v) is 10.5. The Balaban J connectivity index is 1.44. The predicted octanol–water partition coefficient (Wildman–Crippen LogP) is 2.37. The molecule has 3 aromatic rings. The van der Waals surface area contributed by atoms with E-state index in [1.165, 1.54) is 5.70 Å². The molecule has 3 N–H and O–H groups in total. The number of unbranched alkanes of at least 4 members (excludes halogenated alkanes) is 1. The fourth-order valence-electron chi connectivity index (χ4n) is 2.63. The number of hydrogen-bond donors (Lipinski definition) is 3. The van der Waals surface area contributed by atoms with Crippen molar-refractivity contribution in [3.63, 3.8) is 0 Å². The zero-order valence-corrected chi connectivity index (χ0v) is 15.3. The summed E-state index contributed by atoms with van der Waals surface area (Å²) in [5.74, 6) is 0.0467. The highest BCUT2D eigenvalue weighted by molar-refractivity contribution is 6.83. The first kappa shape index (κ1) is 18.1. The maximum absolute atomic E-state index is 12.1. The molecule has 0 saturated carbocycles. The first-order chi connectivity index (χ1) is 12.6. The molecule has 0 saturated heterocycles. The van der Waals surface area contributed by atoms with Gasteiger partial charge in [0.1, 0.15) is 5.58 Å². The third-order valence-electron chi connectivity index (χ3n) is 4.03. The van der Waals surface area contributed by atoms with Crippen LogP contribution in [0.15, 0.2) is 76.9 Å². The van der Waals surface area contributed by atoms with Crippen molar-refractivity contribution in [1.29, 1.82) is 0 Å². The number of fused-ring (bicyclic) bond motifs is 1. The van der Waals surface area contributed by atoms with Crippen molar-refractivity contribution in [2.45, 2.75) is 12.8 Å². The SMILES string of the molecule is O=C(NCCC/C=C/[Si](O)(O)c1ccccc1)c1cc2ccccc2o1. The Kier molecular flexibility index (Phi) is 5.67. The highest BCUT2D eigenvalue weighted by Gasteiger charge is 2.27. The standard InChI is InChI=1S/C20H21NO4Si/c22-20(19-15-16-9-5-6-12-18(16)25-19)21-13-7-2-8-14-26(23,24)17-10-3-1-4-11-17/h1,3-6,8-12,14-15,23-24H,2,7,13H2,(H,21,22)/b14-8+. The smallest absolute Gasteiger partial charge is 0.393 e. The van der Waals surface area contributed by atoms with Crippen molar-refractivity contribution < 1.29 is 18.8 Å². The van der Waals surface area contributed by atoms with E-state index in [9.17, 15) is 14.4 Å². The Labute approximate surface area is 152 Å². The van der Waals surface area contributed by atoms with Crippen LogP contribution in [-0.4, -0.2) is 30.6 Å². The van der Waals surface area contributed by atoms with E-state index in [2.05, 4.69) is 5.32 Å². The van der Waals surface area contributed by atoms with Crippen molar-refractivity contribution in [2.24, 2.45) is 0 Å². The van der Waals surface area contributed by atoms with Gasteiger partial charge in [-0.2, -0.15) is 0 Å². The first-order valence-electron chi connectivity index (χ1n) is 8.51. The van der Waals surface area contributed by atoms with Crippen LogP contribution < -0.4 is 10.5 Å². The average Bonchev–Trinajstić information content (AvgIpc) is 3.09. The average molecular weight is 367 g/mol. The number of furan rings is 1. The molecular formula is C20H21NO4Si. The molecule has 0 atom stereocenters. The third-order valence-corrected chi connectivity index (χ3v) is 5.91. The number of rotatable bonds is 7. The van der Waals surface area contributed by atoms with Gasteiger partial charge in [0.15, 0.2) is 5.76 Å². The van der Waals surface area contributed by atoms with Gasteiger partial charge in [0.2, 0.25) is 0 Å². The monoisotopic (exact) mass is 367 g/mol. The molecule has 5 nitrogen and oxygen atoms in total. The van der Waals surface area contributed by atoms with Gasteiger partial charge < -0.3 is 19.3 Å². The van der Waals surface area contributed by atoms with E-state index in [4.69, 9.17) is 4.42 Å². The minimum Gasteiger partial charge on any atom is -0.451 e. The van der Waals surface area contributed by atoms with E-state index in [-0.39, 0.29) is 5.91 Å². The number of hydrogen-bond acceptors (Lipinski definition) is 4. The molecule has 0 aliphatic rings. The fraction of sp³-hybridized carbons (Fsp3) is 0.150. The molecule has 1 heterocycles. The second-order valence-corrected chi connectivity index (χ2v) is 8.40. The van der Waals surface area contributed by atoms with Gasteiger partial charge in [-0.15, -0.1) is 0 Å². The summed E-state index contributed by atoms with van der Waals surface area (Å²) >= 11 is 0. The van der Waals surface area contributed by atoms with Gasteiger partial charge in [-0.25, -0.2) is 0 Å². The van der Waals surface area contributed by atoms with Crippen molar-refractivity contribution in [3.8, 4) is 0 Å². The van der Waals surface area contributed by atoms with Gasteiger partial charge >= 0.3 is 8.56 Å². The molecule has 0 aliphatic heterocycles.